The molecule has 1 atom stereocenters. The quantitative estimate of drug-likeness (QED) is 0.756. The van der Waals surface area contributed by atoms with Crippen molar-refractivity contribution in [2.75, 3.05) is 6.54 Å². The average Bonchev–Trinajstić information content (AvgIpc) is 2.43. The van der Waals surface area contributed by atoms with Gasteiger partial charge in [-0.3, -0.25) is 0 Å². The van der Waals surface area contributed by atoms with Gasteiger partial charge in [0.2, 0.25) is 0 Å². The van der Waals surface area contributed by atoms with E-state index in [-0.39, 0.29) is 0 Å². The Bertz CT molecular complexity index is 556. The van der Waals surface area contributed by atoms with Crippen molar-refractivity contribution < 1.29 is 0 Å². The Kier molecular flexibility index (Phi) is 4.75. The van der Waals surface area contributed by atoms with Crippen LogP contribution in [0.1, 0.15) is 25.8 Å². The summed E-state index contributed by atoms with van der Waals surface area (Å²) >= 11 is 0. The number of hydrogen-bond acceptors (Lipinski definition) is 1. The first kappa shape index (κ1) is 13.8. The summed E-state index contributed by atoms with van der Waals surface area (Å²) in [5.74, 6) is 0. The van der Waals surface area contributed by atoms with Gasteiger partial charge in [-0.15, -0.1) is 0 Å². The monoisotopic (exact) mass is 253 g/mol. The van der Waals surface area contributed by atoms with Gasteiger partial charge in [-0.1, -0.05) is 61.5 Å². The third kappa shape index (κ3) is 3.68. The van der Waals surface area contributed by atoms with Crippen LogP contribution in [0.2, 0.25) is 0 Å². The maximum absolute atomic E-state index is 4.10. The molecule has 100 valence electrons. The summed E-state index contributed by atoms with van der Waals surface area (Å²) in [4.78, 5) is 0. The highest BCUT2D eigenvalue weighted by Gasteiger charge is 2.09. The molecule has 0 fully saturated rings. The normalized spacial score (nSPS) is 12.5. The average molecular weight is 253 g/mol. The van der Waals surface area contributed by atoms with Crippen LogP contribution in [0, 0.1) is 0 Å². The van der Waals surface area contributed by atoms with Gasteiger partial charge in [-0.2, -0.15) is 0 Å². The molecular formula is C18H23N. The largest absolute Gasteiger partial charge is 0.310 e. The molecule has 0 aliphatic heterocycles. The Labute approximate surface area is 116 Å². The lowest BCUT2D eigenvalue weighted by Crippen LogP contribution is -2.32. The van der Waals surface area contributed by atoms with Gasteiger partial charge < -0.3 is 5.32 Å². The molecule has 2 aromatic rings. The molecule has 0 aliphatic carbocycles. The lowest BCUT2D eigenvalue weighted by molar-refractivity contribution is 0.564. The Hall–Kier alpha value is -1.60. The van der Waals surface area contributed by atoms with Crippen LogP contribution in [-0.2, 0) is 6.42 Å². The Morgan fingerprint density at radius 2 is 1.89 bits per heavy atom. The number of fused-ring (bicyclic) bond motifs is 1. The molecule has 0 amide bonds. The molecule has 0 bridgehead atoms. The Morgan fingerprint density at radius 1 is 1.16 bits per heavy atom. The maximum atomic E-state index is 4.10. The molecule has 0 aromatic heterocycles. The van der Waals surface area contributed by atoms with Crippen LogP contribution < -0.4 is 5.32 Å². The van der Waals surface area contributed by atoms with Gasteiger partial charge in [0.15, 0.2) is 0 Å². The van der Waals surface area contributed by atoms with E-state index in [4.69, 9.17) is 0 Å². The fraction of sp³-hybridized carbons (Fsp3) is 0.333. The molecule has 1 N–H and O–H groups in total. The molecule has 0 saturated heterocycles. The third-order valence-corrected chi connectivity index (χ3v) is 3.49. The van der Waals surface area contributed by atoms with Crippen LogP contribution in [0.3, 0.4) is 0 Å². The number of rotatable bonds is 6. The summed E-state index contributed by atoms with van der Waals surface area (Å²) in [6, 6.07) is 15.6. The highest BCUT2D eigenvalue weighted by atomic mass is 14.9. The molecule has 1 nitrogen and oxygen atoms in total. The van der Waals surface area contributed by atoms with Gasteiger partial charge in [-0.05, 0) is 42.6 Å². The maximum Gasteiger partial charge on any atom is 0.0314 e. The van der Waals surface area contributed by atoms with Crippen molar-refractivity contribution in [2.24, 2.45) is 0 Å². The first-order chi connectivity index (χ1) is 9.20. The van der Waals surface area contributed by atoms with E-state index in [1.165, 1.54) is 21.9 Å². The summed E-state index contributed by atoms with van der Waals surface area (Å²) in [5.41, 5.74) is 2.58. The van der Waals surface area contributed by atoms with Gasteiger partial charge in [0.05, 0.1) is 0 Å². The zero-order chi connectivity index (χ0) is 13.7. The molecule has 0 aliphatic rings. The predicted octanol–water partition coefficient (Wildman–Crippen LogP) is 4.33. The first-order valence-electron chi connectivity index (χ1n) is 7.07. The number of benzene rings is 2. The van der Waals surface area contributed by atoms with Gasteiger partial charge in [0.25, 0.3) is 0 Å². The smallest absolute Gasteiger partial charge is 0.0314 e. The molecule has 0 saturated carbocycles. The summed E-state index contributed by atoms with van der Waals surface area (Å²) in [5, 5.41) is 6.19. The van der Waals surface area contributed by atoms with Crippen LogP contribution in [0.5, 0.6) is 0 Å². The minimum Gasteiger partial charge on any atom is -0.310 e. The zero-order valence-electron chi connectivity index (χ0n) is 11.9. The lowest BCUT2D eigenvalue weighted by Gasteiger charge is -2.19. The van der Waals surface area contributed by atoms with Crippen molar-refractivity contribution in [3.63, 3.8) is 0 Å². The highest BCUT2D eigenvalue weighted by Crippen LogP contribution is 2.17. The van der Waals surface area contributed by atoms with Crippen LogP contribution >= 0.6 is 0 Å². The number of nitrogens with one attached hydrogen (secondary N) is 1. The van der Waals surface area contributed by atoms with Crippen LogP contribution in [-0.4, -0.2) is 12.6 Å². The fourth-order valence-corrected chi connectivity index (χ4v) is 2.34. The van der Waals surface area contributed by atoms with E-state index >= 15 is 0 Å². The van der Waals surface area contributed by atoms with E-state index < -0.39 is 0 Å². The van der Waals surface area contributed by atoms with Crippen LogP contribution in [0.4, 0.5) is 0 Å². The standard InChI is InChI=1S/C18H23N/c1-4-11-19-18(14(2)3)13-15-9-10-16-7-5-6-8-17(16)12-15/h5-10,12,18-19H,2,4,11,13H2,1,3H3. The second kappa shape index (κ2) is 6.53. The van der Waals surface area contributed by atoms with E-state index in [1.807, 2.05) is 0 Å². The van der Waals surface area contributed by atoms with Gasteiger partial charge in [0, 0.05) is 6.04 Å². The lowest BCUT2D eigenvalue weighted by atomic mass is 9.98. The van der Waals surface area contributed by atoms with Crippen molar-refractivity contribution in [1.82, 2.24) is 5.32 Å². The Balaban J connectivity index is 2.16. The number of hydrogen-bond donors (Lipinski definition) is 1. The van der Waals surface area contributed by atoms with E-state index in [1.54, 1.807) is 0 Å². The molecule has 1 unspecified atom stereocenters. The molecule has 0 spiro atoms. The first-order valence-corrected chi connectivity index (χ1v) is 7.07. The Morgan fingerprint density at radius 3 is 2.58 bits per heavy atom. The minimum atomic E-state index is 0.376. The molecule has 2 aromatic carbocycles. The van der Waals surface area contributed by atoms with Gasteiger partial charge in [-0.25, -0.2) is 0 Å². The van der Waals surface area contributed by atoms with E-state index in [0.717, 1.165) is 19.4 Å². The van der Waals surface area contributed by atoms with Crippen molar-refractivity contribution in [3.05, 3.63) is 60.2 Å². The molecule has 0 radical (unpaired) electrons. The third-order valence-electron chi connectivity index (χ3n) is 3.49. The van der Waals surface area contributed by atoms with Gasteiger partial charge in [0.1, 0.15) is 0 Å². The predicted molar refractivity (Wildman–Crippen MR) is 84.5 cm³/mol. The van der Waals surface area contributed by atoms with Gasteiger partial charge >= 0.3 is 0 Å². The van der Waals surface area contributed by atoms with Crippen molar-refractivity contribution in [3.8, 4) is 0 Å². The SMILES string of the molecule is C=C(C)C(Cc1ccc2ccccc2c1)NCCC. The van der Waals surface area contributed by atoms with E-state index in [2.05, 4.69) is 68.2 Å². The van der Waals surface area contributed by atoms with Crippen LogP contribution in [0.25, 0.3) is 10.8 Å². The van der Waals surface area contributed by atoms with Crippen LogP contribution in [0.15, 0.2) is 54.6 Å². The molecule has 19 heavy (non-hydrogen) atoms. The molecular weight excluding hydrogens is 230 g/mol. The summed E-state index contributed by atoms with van der Waals surface area (Å²) in [6.07, 6.45) is 2.17. The van der Waals surface area contributed by atoms with Crippen molar-refractivity contribution in [2.45, 2.75) is 32.7 Å². The molecule has 1 heteroatoms. The molecule has 0 heterocycles. The second-order valence-electron chi connectivity index (χ2n) is 5.24. The van der Waals surface area contributed by atoms with Crippen molar-refractivity contribution >= 4 is 10.8 Å². The van der Waals surface area contributed by atoms with E-state index in [9.17, 15) is 0 Å². The zero-order valence-corrected chi connectivity index (χ0v) is 11.9. The van der Waals surface area contributed by atoms with E-state index in [0.29, 0.717) is 6.04 Å². The topological polar surface area (TPSA) is 12.0 Å². The minimum absolute atomic E-state index is 0.376. The molecule has 2 rings (SSSR count). The van der Waals surface area contributed by atoms with Crippen molar-refractivity contribution in [1.29, 1.82) is 0 Å². The highest BCUT2D eigenvalue weighted by molar-refractivity contribution is 5.83. The second-order valence-corrected chi connectivity index (χ2v) is 5.24. The summed E-state index contributed by atoms with van der Waals surface area (Å²) in [7, 11) is 0. The summed E-state index contributed by atoms with van der Waals surface area (Å²) in [6.45, 7) is 9.45. The fourth-order valence-electron chi connectivity index (χ4n) is 2.34. The summed E-state index contributed by atoms with van der Waals surface area (Å²) < 4.78 is 0.